The molecule has 2 aromatic rings. The number of benzene rings is 2. The summed E-state index contributed by atoms with van der Waals surface area (Å²) in [5, 5.41) is 0. The molecular weight excluding hydrogens is 302 g/mol. The third-order valence-corrected chi connectivity index (χ3v) is 3.48. The first-order valence-electron chi connectivity index (χ1n) is 5.25. The summed E-state index contributed by atoms with van der Waals surface area (Å²) < 4.78 is 27.7. The first-order chi connectivity index (χ1) is 8.50. The van der Waals surface area contributed by atoms with Gasteiger partial charge in [0.15, 0.2) is 5.78 Å². The van der Waals surface area contributed by atoms with E-state index in [9.17, 15) is 13.6 Å². The van der Waals surface area contributed by atoms with Gasteiger partial charge in [-0.25, -0.2) is 8.78 Å². The highest BCUT2D eigenvalue weighted by Gasteiger charge is 2.18. The van der Waals surface area contributed by atoms with Crippen molar-refractivity contribution in [1.82, 2.24) is 0 Å². The van der Waals surface area contributed by atoms with Crippen LogP contribution in [0.2, 0.25) is 0 Å². The zero-order chi connectivity index (χ0) is 13.3. The fraction of sp³-hybridized carbons (Fsp3) is 0.0714. The van der Waals surface area contributed by atoms with Gasteiger partial charge in [-0.2, -0.15) is 0 Å². The Balaban J connectivity index is 2.51. The smallest absolute Gasteiger partial charge is 0.198 e. The summed E-state index contributed by atoms with van der Waals surface area (Å²) in [4.78, 5) is 12.1. The summed E-state index contributed by atoms with van der Waals surface area (Å²) in [5.41, 5.74) is 0.672. The number of hydrogen-bond acceptors (Lipinski definition) is 1. The van der Waals surface area contributed by atoms with Gasteiger partial charge in [-0.05, 0) is 30.7 Å². The van der Waals surface area contributed by atoms with E-state index in [2.05, 4.69) is 15.9 Å². The van der Waals surface area contributed by atoms with Crippen molar-refractivity contribution in [3.8, 4) is 0 Å². The van der Waals surface area contributed by atoms with Crippen LogP contribution in [0.25, 0.3) is 0 Å². The Morgan fingerprint density at radius 3 is 2.28 bits per heavy atom. The quantitative estimate of drug-likeness (QED) is 0.757. The molecule has 0 fully saturated rings. The van der Waals surface area contributed by atoms with Gasteiger partial charge in [-0.15, -0.1) is 0 Å². The van der Waals surface area contributed by atoms with Gasteiger partial charge in [-0.1, -0.05) is 34.1 Å². The minimum Gasteiger partial charge on any atom is -0.288 e. The normalized spacial score (nSPS) is 10.4. The molecule has 0 saturated heterocycles. The predicted molar refractivity (Wildman–Crippen MR) is 68.7 cm³/mol. The largest absolute Gasteiger partial charge is 0.288 e. The van der Waals surface area contributed by atoms with Gasteiger partial charge in [0, 0.05) is 10.0 Å². The standard InChI is InChI=1S/C14H9BrF2O/c1-8-5-6-9(7-10(8)15)14(18)13-11(16)3-2-4-12(13)17/h2-7H,1H3. The van der Waals surface area contributed by atoms with Crippen LogP contribution in [0.5, 0.6) is 0 Å². The Morgan fingerprint density at radius 2 is 1.72 bits per heavy atom. The maximum absolute atomic E-state index is 13.5. The highest BCUT2D eigenvalue weighted by Crippen LogP contribution is 2.22. The van der Waals surface area contributed by atoms with Crippen molar-refractivity contribution >= 4 is 21.7 Å². The molecule has 0 aromatic heterocycles. The summed E-state index contributed by atoms with van der Waals surface area (Å²) in [7, 11) is 0. The highest BCUT2D eigenvalue weighted by atomic mass is 79.9. The van der Waals surface area contributed by atoms with E-state index in [-0.39, 0.29) is 5.56 Å². The molecule has 0 heterocycles. The monoisotopic (exact) mass is 310 g/mol. The second-order valence-corrected chi connectivity index (χ2v) is 4.74. The molecule has 0 radical (unpaired) electrons. The van der Waals surface area contributed by atoms with Gasteiger partial charge in [0.1, 0.15) is 11.6 Å². The lowest BCUT2D eigenvalue weighted by atomic mass is 10.0. The third kappa shape index (κ3) is 2.34. The number of hydrogen-bond donors (Lipinski definition) is 0. The fourth-order valence-corrected chi connectivity index (χ4v) is 1.97. The first kappa shape index (κ1) is 12.9. The Hall–Kier alpha value is -1.55. The van der Waals surface area contributed by atoms with Gasteiger partial charge in [-0.3, -0.25) is 4.79 Å². The fourth-order valence-electron chi connectivity index (χ4n) is 1.59. The van der Waals surface area contributed by atoms with Crippen molar-refractivity contribution in [2.75, 3.05) is 0 Å². The zero-order valence-electron chi connectivity index (χ0n) is 9.51. The van der Waals surface area contributed by atoms with Crippen molar-refractivity contribution in [1.29, 1.82) is 0 Å². The third-order valence-electron chi connectivity index (χ3n) is 2.62. The van der Waals surface area contributed by atoms with Crippen molar-refractivity contribution in [3.05, 3.63) is 69.2 Å². The van der Waals surface area contributed by atoms with Crippen molar-refractivity contribution in [3.63, 3.8) is 0 Å². The average Bonchev–Trinajstić information content (AvgIpc) is 2.32. The molecule has 0 N–H and O–H groups in total. The van der Waals surface area contributed by atoms with Crippen LogP contribution in [0, 0.1) is 18.6 Å². The van der Waals surface area contributed by atoms with Crippen LogP contribution in [0.4, 0.5) is 8.78 Å². The number of aryl methyl sites for hydroxylation is 1. The molecule has 1 nitrogen and oxygen atoms in total. The van der Waals surface area contributed by atoms with Crippen LogP contribution >= 0.6 is 15.9 Å². The Morgan fingerprint density at radius 1 is 1.11 bits per heavy atom. The molecular formula is C14H9BrF2O. The van der Waals surface area contributed by atoms with Gasteiger partial charge < -0.3 is 0 Å². The molecule has 0 aliphatic heterocycles. The summed E-state index contributed by atoms with van der Waals surface area (Å²) in [5.74, 6) is -2.36. The lowest BCUT2D eigenvalue weighted by molar-refractivity contribution is 0.103. The number of carbonyl (C=O) groups is 1. The Labute approximate surface area is 112 Å². The second-order valence-electron chi connectivity index (χ2n) is 3.89. The summed E-state index contributed by atoms with van der Waals surface area (Å²) >= 11 is 3.28. The Kier molecular flexibility index (Phi) is 3.57. The van der Waals surface area contributed by atoms with Crippen LogP contribution in [0.3, 0.4) is 0 Å². The van der Waals surface area contributed by atoms with Gasteiger partial charge in [0.2, 0.25) is 0 Å². The van der Waals surface area contributed by atoms with E-state index in [1.54, 1.807) is 18.2 Å². The Bertz CT molecular complexity index is 603. The molecule has 0 amide bonds. The summed E-state index contributed by atoms with van der Waals surface area (Å²) in [6.45, 7) is 1.86. The van der Waals surface area contributed by atoms with E-state index in [0.717, 1.165) is 22.2 Å². The highest BCUT2D eigenvalue weighted by molar-refractivity contribution is 9.10. The van der Waals surface area contributed by atoms with E-state index in [1.165, 1.54) is 6.07 Å². The van der Waals surface area contributed by atoms with Gasteiger partial charge in [0.05, 0.1) is 5.56 Å². The number of carbonyl (C=O) groups excluding carboxylic acids is 1. The van der Waals surface area contributed by atoms with Crippen molar-refractivity contribution in [2.24, 2.45) is 0 Å². The molecule has 2 aromatic carbocycles. The van der Waals surface area contributed by atoms with E-state index in [4.69, 9.17) is 0 Å². The molecule has 0 unspecified atom stereocenters. The molecule has 0 aliphatic rings. The second kappa shape index (κ2) is 4.98. The molecule has 0 spiro atoms. The number of halogens is 3. The number of rotatable bonds is 2. The van der Waals surface area contributed by atoms with E-state index < -0.39 is 23.0 Å². The van der Waals surface area contributed by atoms with Crippen LogP contribution in [-0.4, -0.2) is 5.78 Å². The summed E-state index contributed by atoms with van der Waals surface area (Å²) in [6, 6.07) is 8.19. The van der Waals surface area contributed by atoms with Gasteiger partial charge in [0.25, 0.3) is 0 Å². The topological polar surface area (TPSA) is 17.1 Å². The van der Waals surface area contributed by atoms with E-state index in [1.807, 2.05) is 6.92 Å². The molecule has 0 aliphatic carbocycles. The molecule has 0 atom stereocenters. The van der Waals surface area contributed by atoms with Crippen molar-refractivity contribution < 1.29 is 13.6 Å². The van der Waals surface area contributed by atoms with Crippen LogP contribution in [0.15, 0.2) is 40.9 Å². The maximum Gasteiger partial charge on any atom is 0.198 e. The van der Waals surface area contributed by atoms with Gasteiger partial charge >= 0.3 is 0 Å². The average molecular weight is 311 g/mol. The zero-order valence-corrected chi connectivity index (χ0v) is 11.1. The minimum atomic E-state index is -0.850. The van der Waals surface area contributed by atoms with Crippen molar-refractivity contribution in [2.45, 2.75) is 6.92 Å². The van der Waals surface area contributed by atoms with E-state index in [0.29, 0.717) is 0 Å². The maximum atomic E-state index is 13.5. The SMILES string of the molecule is Cc1ccc(C(=O)c2c(F)cccc2F)cc1Br. The van der Waals surface area contributed by atoms with E-state index >= 15 is 0 Å². The molecule has 4 heteroatoms. The van der Waals surface area contributed by atoms with Crippen LogP contribution < -0.4 is 0 Å². The molecule has 0 saturated carbocycles. The summed E-state index contributed by atoms with van der Waals surface area (Å²) in [6.07, 6.45) is 0. The lowest BCUT2D eigenvalue weighted by Gasteiger charge is -2.06. The molecule has 92 valence electrons. The lowest BCUT2D eigenvalue weighted by Crippen LogP contribution is -2.07. The predicted octanol–water partition coefficient (Wildman–Crippen LogP) is 4.27. The molecule has 2 rings (SSSR count). The van der Waals surface area contributed by atoms with Crippen LogP contribution in [-0.2, 0) is 0 Å². The number of ketones is 1. The van der Waals surface area contributed by atoms with Crippen LogP contribution in [0.1, 0.15) is 21.5 Å². The first-order valence-corrected chi connectivity index (χ1v) is 6.05. The molecule has 0 bridgehead atoms. The minimum absolute atomic E-state index is 0.247. The molecule has 18 heavy (non-hydrogen) atoms.